The van der Waals surface area contributed by atoms with E-state index in [-0.39, 0.29) is 28.9 Å². The van der Waals surface area contributed by atoms with Gasteiger partial charge in [0.25, 0.3) is 0 Å². The second-order valence-corrected chi connectivity index (χ2v) is 9.03. The van der Waals surface area contributed by atoms with Crippen molar-refractivity contribution in [2.75, 3.05) is 11.9 Å². The van der Waals surface area contributed by atoms with Crippen molar-refractivity contribution in [2.45, 2.75) is 66.0 Å². The van der Waals surface area contributed by atoms with E-state index in [0.29, 0.717) is 17.2 Å². The molecule has 1 aliphatic rings. The number of carbonyl (C=O) groups is 2. The van der Waals surface area contributed by atoms with E-state index in [1.807, 2.05) is 13.8 Å². The summed E-state index contributed by atoms with van der Waals surface area (Å²) >= 11 is 1.51. The first kappa shape index (κ1) is 18.9. The van der Waals surface area contributed by atoms with Crippen LogP contribution in [-0.2, 0) is 21.5 Å². The van der Waals surface area contributed by atoms with E-state index >= 15 is 0 Å². The van der Waals surface area contributed by atoms with Crippen molar-refractivity contribution in [3.63, 3.8) is 0 Å². The van der Waals surface area contributed by atoms with Gasteiger partial charge in [-0.15, -0.1) is 11.3 Å². The van der Waals surface area contributed by atoms with Crippen LogP contribution in [0.4, 0.5) is 5.00 Å². The summed E-state index contributed by atoms with van der Waals surface area (Å²) in [4.78, 5) is 25.9. The van der Waals surface area contributed by atoms with Gasteiger partial charge in [-0.3, -0.25) is 4.79 Å². The molecule has 1 aliphatic heterocycles. The van der Waals surface area contributed by atoms with Gasteiger partial charge in [-0.2, -0.15) is 0 Å². The van der Waals surface area contributed by atoms with Gasteiger partial charge < -0.3 is 15.4 Å². The maximum absolute atomic E-state index is 12.6. The third kappa shape index (κ3) is 3.64. The predicted molar refractivity (Wildman–Crippen MR) is 96.5 cm³/mol. The zero-order chi connectivity index (χ0) is 18.3. The first-order chi connectivity index (χ1) is 11.0. The van der Waals surface area contributed by atoms with E-state index in [0.717, 1.165) is 16.9 Å². The lowest BCUT2D eigenvalue weighted by Gasteiger charge is -2.38. The van der Waals surface area contributed by atoms with E-state index in [1.165, 1.54) is 11.3 Å². The van der Waals surface area contributed by atoms with Crippen LogP contribution >= 0.6 is 11.3 Å². The highest BCUT2D eigenvalue weighted by Crippen LogP contribution is 2.42. The maximum atomic E-state index is 12.6. The fourth-order valence-corrected chi connectivity index (χ4v) is 4.75. The van der Waals surface area contributed by atoms with Gasteiger partial charge in [-0.05, 0) is 40.2 Å². The van der Waals surface area contributed by atoms with Crippen molar-refractivity contribution in [1.29, 1.82) is 0 Å². The van der Waals surface area contributed by atoms with Gasteiger partial charge in [0, 0.05) is 12.3 Å². The quantitative estimate of drug-likeness (QED) is 0.818. The molecule has 1 aromatic rings. The highest BCUT2D eigenvalue weighted by molar-refractivity contribution is 7.17. The summed E-state index contributed by atoms with van der Waals surface area (Å²) in [5.41, 5.74) is 1.40. The Bertz CT molecular complexity index is 659. The monoisotopic (exact) mass is 353 g/mol. The van der Waals surface area contributed by atoms with E-state index in [9.17, 15) is 9.59 Å². The molecule has 3 N–H and O–H groups in total. The standard InChI is InChI=1S/C18H28N2O3S/c1-8-23-16(22)12-11-9-17(4,5)20-18(6,7)13(11)24-15(12)19-14(21)10(2)3/h10,20H,8-9H2,1-7H3,(H,19,21)/p+1. The molecule has 0 saturated carbocycles. The molecule has 1 amide bonds. The fourth-order valence-electron chi connectivity index (χ4n) is 3.47. The van der Waals surface area contributed by atoms with Crippen LogP contribution in [0, 0.1) is 5.92 Å². The SMILES string of the molecule is CCOC(=O)c1c(NC(=O)C(C)C)sc2c1CC(C)(C)[NH2+]C2(C)C. The van der Waals surface area contributed by atoms with Gasteiger partial charge in [-0.25, -0.2) is 4.79 Å². The van der Waals surface area contributed by atoms with Crippen molar-refractivity contribution in [3.8, 4) is 0 Å². The molecule has 24 heavy (non-hydrogen) atoms. The zero-order valence-corrected chi connectivity index (χ0v) is 16.5. The zero-order valence-electron chi connectivity index (χ0n) is 15.7. The average molecular weight is 354 g/mol. The lowest BCUT2D eigenvalue weighted by molar-refractivity contribution is -0.789. The minimum absolute atomic E-state index is 0.0157. The molecule has 5 nitrogen and oxygen atoms in total. The van der Waals surface area contributed by atoms with Crippen molar-refractivity contribution in [1.82, 2.24) is 0 Å². The number of carbonyl (C=O) groups excluding carboxylic acids is 2. The van der Waals surface area contributed by atoms with Crippen molar-refractivity contribution in [3.05, 3.63) is 16.0 Å². The van der Waals surface area contributed by atoms with Gasteiger partial charge in [0.05, 0.1) is 22.6 Å². The van der Waals surface area contributed by atoms with Gasteiger partial charge in [0.15, 0.2) is 0 Å². The molecule has 6 heteroatoms. The first-order valence-corrected chi connectivity index (χ1v) is 9.31. The van der Waals surface area contributed by atoms with Gasteiger partial charge >= 0.3 is 5.97 Å². The molecular formula is C18H29N2O3S+. The average Bonchev–Trinajstić information content (AvgIpc) is 2.75. The van der Waals surface area contributed by atoms with Crippen LogP contribution < -0.4 is 10.6 Å². The Labute approximate surface area is 148 Å². The Balaban J connectivity index is 2.58. The number of nitrogens with one attached hydrogen (secondary N) is 1. The number of nitrogens with two attached hydrogens (primary N) is 1. The van der Waals surface area contributed by atoms with Crippen molar-refractivity contribution < 1.29 is 19.6 Å². The van der Waals surface area contributed by atoms with Crippen LogP contribution in [0.25, 0.3) is 0 Å². The number of hydrogen-bond donors (Lipinski definition) is 2. The van der Waals surface area contributed by atoms with Crippen LogP contribution in [0.5, 0.6) is 0 Å². The molecule has 0 saturated heterocycles. The molecule has 1 aromatic heterocycles. The Kier molecular flexibility index (Phi) is 5.11. The van der Waals surface area contributed by atoms with E-state index < -0.39 is 0 Å². The summed E-state index contributed by atoms with van der Waals surface area (Å²) < 4.78 is 5.28. The summed E-state index contributed by atoms with van der Waals surface area (Å²) in [6.07, 6.45) is 0.772. The highest BCUT2D eigenvalue weighted by Gasteiger charge is 2.45. The smallest absolute Gasteiger partial charge is 0.341 e. The number of hydrogen-bond acceptors (Lipinski definition) is 4. The summed E-state index contributed by atoms with van der Waals surface area (Å²) in [7, 11) is 0. The minimum Gasteiger partial charge on any atom is -0.462 e. The van der Waals surface area contributed by atoms with Crippen molar-refractivity contribution in [2.24, 2.45) is 5.92 Å². The minimum atomic E-state index is -0.345. The molecule has 0 fully saturated rings. The van der Waals surface area contributed by atoms with Crippen LogP contribution in [-0.4, -0.2) is 24.0 Å². The Morgan fingerprint density at radius 3 is 2.46 bits per heavy atom. The van der Waals surface area contributed by atoms with Gasteiger partial charge in [-0.1, -0.05) is 13.8 Å². The third-order valence-corrected chi connectivity index (χ3v) is 5.70. The van der Waals surface area contributed by atoms with E-state index in [1.54, 1.807) is 6.92 Å². The summed E-state index contributed by atoms with van der Waals surface area (Å²) in [5, 5.41) is 5.89. The molecule has 134 valence electrons. The number of rotatable bonds is 4. The first-order valence-electron chi connectivity index (χ1n) is 8.49. The van der Waals surface area contributed by atoms with E-state index in [2.05, 4.69) is 38.3 Å². The van der Waals surface area contributed by atoms with Crippen LogP contribution in [0.15, 0.2) is 0 Å². The Morgan fingerprint density at radius 1 is 1.29 bits per heavy atom. The number of esters is 1. The molecule has 0 aromatic carbocycles. The van der Waals surface area contributed by atoms with Crippen LogP contribution in [0.3, 0.4) is 0 Å². The van der Waals surface area contributed by atoms with Gasteiger partial charge in [0.2, 0.25) is 5.91 Å². The molecular weight excluding hydrogens is 324 g/mol. The molecule has 0 spiro atoms. The lowest BCUT2D eigenvalue weighted by Crippen LogP contribution is -3.03. The maximum Gasteiger partial charge on any atom is 0.341 e. The fraction of sp³-hybridized carbons (Fsp3) is 0.667. The van der Waals surface area contributed by atoms with Gasteiger partial charge in [0.1, 0.15) is 10.5 Å². The largest absolute Gasteiger partial charge is 0.462 e. The summed E-state index contributed by atoms with van der Waals surface area (Å²) in [6.45, 7) is 14.5. The molecule has 0 radical (unpaired) electrons. The number of ether oxygens (including phenoxy) is 1. The number of fused-ring (bicyclic) bond motifs is 1. The predicted octanol–water partition coefficient (Wildman–Crippen LogP) is 2.65. The third-order valence-electron chi connectivity index (χ3n) is 4.22. The molecule has 0 aliphatic carbocycles. The topological polar surface area (TPSA) is 72.0 Å². The molecule has 2 heterocycles. The second-order valence-electron chi connectivity index (χ2n) is 8.01. The highest BCUT2D eigenvalue weighted by atomic mass is 32.1. The normalized spacial score (nSPS) is 18.2. The number of amides is 1. The van der Waals surface area contributed by atoms with Crippen LogP contribution in [0.2, 0.25) is 0 Å². The second kappa shape index (κ2) is 6.48. The Morgan fingerprint density at radius 2 is 1.92 bits per heavy atom. The molecule has 0 unspecified atom stereocenters. The van der Waals surface area contributed by atoms with E-state index in [4.69, 9.17) is 4.74 Å². The van der Waals surface area contributed by atoms with Crippen LogP contribution in [0.1, 0.15) is 69.3 Å². The van der Waals surface area contributed by atoms with Crippen molar-refractivity contribution >= 4 is 28.2 Å². The number of thiophene rings is 1. The molecule has 0 bridgehead atoms. The summed E-state index contributed by atoms with van der Waals surface area (Å²) in [5.74, 6) is -0.571. The summed E-state index contributed by atoms with van der Waals surface area (Å²) in [6, 6.07) is 0. The molecule has 0 atom stereocenters. The number of quaternary nitrogens is 1. The Hall–Kier alpha value is -1.40. The number of anilines is 1. The lowest BCUT2D eigenvalue weighted by atomic mass is 9.81. The molecule has 2 rings (SSSR count).